The van der Waals surface area contributed by atoms with E-state index in [1.54, 1.807) is 0 Å². The lowest BCUT2D eigenvalue weighted by Gasteiger charge is -2.15. The molecular weight excluding hydrogens is 276 g/mol. The molecule has 1 aromatic rings. The van der Waals surface area contributed by atoms with Gasteiger partial charge in [0.2, 0.25) is 0 Å². The molecule has 3 N–H and O–H groups in total. The van der Waals surface area contributed by atoms with Gasteiger partial charge in [0.25, 0.3) is 0 Å². The van der Waals surface area contributed by atoms with Gasteiger partial charge in [-0.05, 0) is 5.53 Å². The summed E-state index contributed by atoms with van der Waals surface area (Å²) in [5.41, 5.74) is 13.2. The molecule has 1 aromatic heterocycles. The third-order valence-electron chi connectivity index (χ3n) is 2.83. The fourth-order valence-electron chi connectivity index (χ4n) is 1.90. The molecule has 2 rings (SSSR count). The van der Waals surface area contributed by atoms with Crippen LogP contribution in [0, 0.1) is 0 Å². The van der Waals surface area contributed by atoms with Gasteiger partial charge in [0.15, 0.2) is 0 Å². The van der Waals surface area contributed by atoms with E-state index in [-0.39, 0.29) is 23.9 Å². The maximum Gasteiger partial charge on any atom is 0.351 e. The highest BCUT2D eigenvalue weighted by molar-refractivity contribution is 6.32. The van der Waals surface area contributed by atoms with E-state index in [1.165, 1.54) is 6.20 Å². The van der Waals surface area contributed by atoms with Crippen LogP contribution in [0.4, 0.5) is 5.82 Å². The van der Waals surface area contributed by atoms with Gasteiger partial charge in [-0.25, -0.2) is 4.79 Å². The van der Waals surface area contributed by atoms with Crippen LogP contribution in [-0.2, 0) is 4.74 Å². The Morgan fingerprint density at radius 2 is 2.53 bits per heavy atom. The van der Waals surface area contributed by atoms with Gasteiger partial charge in [0, 0.05) is 17.5 Å². The number of anilines is 1. The third-order valence-corrected chi connectivity index (χ3v) is 3.12. The third kappa shape index (κ3) is 2.64. The van der Waals surface area contributed by atoms with Crippen molar-refractivity contribution in [1.82, 2.24) is 9.55 Å². The molecule has 10 heteroatoms. The quantitative estimate of drug-likeness (QED) is 0.471. The summed E-state index contributed by atoms with van der Waals surface area (Å²) >= 11 is 5.80. The van der Waals surface area contributed by atoms with E-state index in [0.717, 1.165) is 4.57 Å². The highest BCUT2D eigenvalue weighted by atomic mass is 35.5. The van der Waals surface area contributed by atoms with Crippen LogP contribution < -0.4 is 11.4 Å². The van der Waals surface area contributed by atoms with E-state index in [2.05, 4.69) is 15.0 Å². The predicted octanol–water partition coefficient (Wildman–Crippen LogP) is 0.438. The molecule has 0 aliphatic carbocycles. The summed E-state index contributed by atoms with van der Waals surface area (Å²) in [6.07, 6.45) is 0.191. The highest BCUT2D eigenvalue weighted by Crippen LogP contribution is 2.30. The Morgan fingerprint density at radius 3 is 3.16 bits per heavy atom. The van der Waals surface area contributed by atoms with Crippen molar-refractivity contribution in [2.75, 3.05) is 12.3 Å². The number of ether oxygens (including phenoxy) is 1. The zero-order valence-electron chi connectivity index (χ0n) is 9.68. The van der Waals surface area contributed by atoms with Crippen LogP contribution in [0.15, 0.2) is 16.1 Å². The molecule has 2 heterocycles. The summed E-state index contributed by atoms with van der Waals surface area (Å²) in [7, 11) is 0. The lowest BCUT2D eigenvalue weighted by Crippen LogP contribution is -2.28. The lowest BCUT2D eigenvalue weighted by atomic mass is 10.1. The molecule has 102 valence electrons. The van der Waals surface area contributed by atoms with Crippen molar-refractivity contribution >= 4 is 17.4 Å². The topological polar surface area (TPSA) is 139 Å². The van der Waals surface area contributed by atoms with Gasteiger partial charge in [-0.1, -0.05) is 16.7 Å². The SMILES string of the molecule is [N-]=[N+]=N[C@H]1C[C@H](n2cc(Cl)c(N)nc2=O)O[C@@H]1CO. The second-order valence-electron chi connectivity index (χ2n) is 3.98. The second kappa shape index (κ2) is 5.45. The van der Waals surface area contributed by atoms with Crippen molar-refractivity contribution in [1.29, 1.82) is 0 Å². The van der Waals surface area contributed by atoms with Crippen molar-refractivity contribution in [3.63, 3.8) is 0 Å². The summed E-state index contributed by atoms with van der Waals surface area (Å²) < 4.78 is 6.61. The number of nitrogens with zero attached hydrogens (tertiary/aromatic N) is 5. The number of hydrogen-bond acceptors (Lipinski definition) is 6. The number of aliphatic hydroxyl groups excluding tert-OH is 1. The molecule has 19 heavy (non-hydrogen) atoms. The summed E-state index contributed by atoms with van der Waals surface area (Å²) in [6.45, 7) is -0.314. The fourth-order valence-corrected chi connectivity index (χ4v) is 2.05. The van der Waals surface area contributed by atoms with E-state index in [4.69, 9.17) is 32.7 Å². The van der Waals surface area contributed by atoms with Crippen LogP contribution in [0.25, 0.3) is 10.4 Å². The Morgan fingerprint density at radius 1 is 1.79 bits per heavy atom. The van der Waals surface area contributed by atoms with Crippen LogP contribution >= 0.6 is 11.6 Å². The van der Waals surface area contributed by atoms with Crippen molar-refractivity contribution in [3.8, 4) is 0 Å². The Hall–Kier alpha value is -1.80. The zero-order valence-corrected chi connectivity index (χ0v) is 10.4. The van der Waals surface area contributed by atoms with Gasteiger partial charge in [-0.3, -0.25) is 4.57 Å². The Bertz CT molecular complexity index is 584. The molecule has 1 aliphatic rings. The maximum absolute atomic E-state index is 11.7. The zero-order chi connectivity index (χ0) is 14.0. The molecule has 0 bridgehead atoms. The molecule has 9 nitrogen and oxygen atoms in total. The van der Waals surface area contributed by atoms with Crippen LogP contribution in [-0.4, -0.2) is 33.4 Å². The van der Waals surface area contributed by atoms with Crippen LogP contribution in [0.1, 0.15) is 12.6 Å². The normalized spacial score (nSPS) is 26.1. The summed E-state index contributed by atoms with van der Waals surface area (Å²) in [5, 5.41) is 12.8. The van der Waals surface area contributed by atoms with Gasteiger partial charge in [0.1, 0.15) is 12.0 Å². The first-order chi connectivity index (χ1) is 9.06. The highest BCUT2D eigenvalue weighted by Gasteiger charge is 2.35. The minimum Gasteiger partial charge on any atom is -0.394 e. The Kier molecular flexibility index (Phi) is 3.91. The Balaban J connectivity index is 2.32. The number of aliphatic hydroxyl groups is 1. The molecule has 1 aliphatic heterocycles. The molecule has 0 spiro atoms. The van der Waals surface area contributed by atoms with Crippen LogP contribution in [0.3, 0.4) is 0 Å². The minimum atomic E-state index is -0.703. The molecule has 3 atom stereocenters. The van der Waals surface area contributed by atoms with Crippen molar-refractivity contribution < 1.29 is 9.84 Å². The average molecular weight is 287 g/mol. The molecule has 1 saturated heterocycles. The van der Waals surface area contributed by atoms with Crippen molar-refractivity contribution in [2.24, 2.45) is 5.11 Å². The van der Waals surface area contributed by atoms with Crippen LogP contribution in [0.5, 0.6) is 0 Å². The first-order valence-corrected chi connectivity index (χ1v) is 5.79. The number of hydrogen-bond donors (Lipinski definition) is 2. The van der Waals surface area contributed by atoms with Gasteiger partial charge >= 0.3 is 5.69 Å². The molecular formula is C9H11ClN6O3. The van der Waals surface area contributed by atoms with Crippen molar-refractivity contribution in [3.05, 3.63) is 32.1 Å². The largest absolute Gasteiger partial charge is 0.394 e. The molecule has 1 fully saturated rings. The van der Waals surface area contributed by atoms with Gasteiger partial charge < -0.3 is 15.6 Å². The summed E-state index contributed by atoms with van der Waals surface area (Å²) in [4.78, 5) is 17.9. The molecule has 0 unspecified atom stereocenters. The molecule has 0 radical (unpaired) electrons. The Labute approximate surface area is 112 Å². The fraction of sp³-hybridized carbons (Fsp3) is 0.556. The number of nitrogen functional groups attached to an aromatic ring is 1. The summed E-state index contributed by atoms with van der Waals surface area (Å²) in [5.74, 6) is -0.0637. The number of rotatable bonds is 3. The first-order valence-electron chi connectivity index (χ1n) is 5.41. The van der Waals surface area contributed by atoms with Gasteiger partial charge in [0.05, 0.1) is 23.8 Å². The molecule has 0 aromatic carbocycles. The minimum absolute atomic E-state index is 0.0637. The number of halogens is 1. The van der Waals surface area contributed by atoms with Crippen LogP contribution in [0.2, 0.25) is 5.02 Å². The second-order valence-corrected chi connectivity index (χ2v) is 4.39. The average Bonchev–Trinajstić information content (AvgIpc) is 2.77. The van der Waals surface area contributed by atoms with E-state index in [1.807, 2.05) is 0 Å². The molecule has 0 amide bonds. The van der Waals surface area contributed by atoms with Gasteiger partial charge in [-0.2, -0.15) is 4.98 Å². The lowest BCUT2D eigenvalue weighted by molar-refractivity contribution is -0.0269. The summed E-state index contributed by atoms with van der Waals surface area (Å²) in [6, 6.07) is -0.553. The predicted molar refractivity (Wildman–Crippen MR) is 66.5 cm³/mol. The smallest absolute Gasteiger partial charge is 0.351 e. The number of nitrogens with two attached hydrogens (primary N) is 1. The van der Waals surface area contributed by atoms with E-state index < -0.39 is 24.1 Å². The number of aromatic nitrogens is 2. The van der Waals surface area contributed by atoms with E-state index in [0.29, 0.717) is 0 Å². The number of azide groups is 1. The van der Waals surface area contributed by atoms with E-state index >= 15 is 0 Å². The monoisotopic (exact) mass is 286 g/mol. The molecule has 0 saturated carbocycles. The first kappa shape index (κ1) is 13.6. The van der Waals surface area contributed by atoms with Gasteiger partial charge in [-0.15, -0.1) is 0 Å². The van der Waals surface area contributed by atoms with E-state index in [9.17, 15) is 4.79 Å². The standard InChI is InChI=1S/C9H11ClN6O3/c10-4-2-16(9(18)13-8(4)11)7-1-5(14-15-12)6(3-17)19-7/h2,5-7,17H,1,3H2,(H2,11,13,18)/t5-,6+,7+/m0/s1. The van der Waals surface area contributed by atoms with Crippen molar-refractivity contribution in [2.45, 2.75) is 24.8 Å². The maximum atomic E-state index is 11.7.